The number of piperidine rings is 1. The van der Waals surface area contributed by atoms with E-state index in [1.807, 2.05) is 0 Å². The molecule has 1 saturated heterocycles. The average molecular weight is 292 g/mol. The Hall–Kier alpha value is -0.870. The number of amides is 1. The Morgan fingerprint density at radius 2 is 2.20 bits per heavy atom. The molecule has 0 radical (unpaired) electrons. The molecule has 1 aliphatic heterocycles. The second-order valence-electron chi connectivity index (χ2n) is 6.12. The van der Waals surface area contributed by atoms with E-state index in [1.54, 1.807) is 11.3 Å². The normalized spacial score (nSPS) is 29.7. The largest absolute Gasteiger partial charge is 0.354 e. The van der Waals surface area contributed by atoms with Crippen molar-refractivity contribution < 1.29 is 4.79 Å². The number of hydrogen-bond acceptors (Lipinski definition) is 3. The van der Waals surface area contributed by atoms with Crippen LogP contribution in [0.3, 0.4) is 0 Å². The quantitative estimate of drug-likeness (QED) is 0.896. The van der Waals surface area contributed by atoms with E-state index in [-0.39, 0.29) is 11.9 Å². The van der Waals surface area contributed by atoms with Gasteiger partial charge in [-0.3, -0.25) is 4.79 Å². The summed E-state index contributed by atoms with van der Waals surface area (Å²) in [5, 5.41) is 10.9. The van der Waals surface area contributed by atoms with Crippen LogP contribution < -0.4 is 10.6 Å². The van der Waals surface area contributed by atoms with Gasteiger partial charge >= 0.3 is 0 Å². The standard InChI is InChI=1S/C16H24N2OS/c19-16(17-9-7-12-8-10-20-11-12)15-6-5-13-3-1-2-4-14(13)18-15/h8,10-11,13-15,18H,1-7,9H2,(H,17,19). The average Bonchev–Trinajstić information content (AvgIpc) is 3.00. The minimum Gasteiger partial charge on any atom is -0.354 e. The predicted molar refractivity (Wildman–Crippen MR) is 82.9 cm³/mol. The fourth-order valence-electron chi connectivity index (χ4n) is 3.59. The van der Waals surface area contributed by atoms with E-state index in [2.05, 4.69) is 27.5 Å². The summed E-state index contributed by atoms with van der Waals surface area (Å²) in [5.74, 6) is 1.02. The molecule has 2 heterocycles. The molecule has 1 saturated carbocycles. The van der Waals surface area contributed by atoms with Gasteiger partial charge in [0.15, 0.2) is 0 Å². The maximum absolute atomic E-state index is 12.2. The highest BCUT2D eigenvalue weighted by Gasteiger charge is 2.34. The molecule has 20 heavy (non-hydrogen) atoms. The van der Waals surface area contributed by atoms with Crippen LogP contribution >= 0.6 is 11.3 Å². The molecule has 0 aromatic carbocycles. The van der Waals surface area contributed by atoms with E-state index in [9.17, 15) is 4.79 Å². The maximum atomic E-state index is 12.2. The van der Waals surface area contributed by atoms with Crippen LogP contribution in [0.15, 0.2) is 16.8 Å². The zero-order valence-electron chi connectivity index (χ0n) is 11.9. The molecule has 110 valence electrons. The van der Waals surface area contributed by atoms with Crippen LogP contribution in [0.4, 0.5) is 0 Å². The van der Waals surface area contributed by atoms with Crippen molar-refractivity contribution in [3.8, 4) is 0 Å². The third-order valence-corrected chi connectivity index (χ3v) is 5.49. The molecule has 0 bridgehead atoms. The van der Waals surface area contributed by atoms with Gasteiger partial charge < -0.3 is 10.6 Å². The number of nitrogens with one attached hydrogen (secondary N) is 2. The molecule has 3 atom stereocenters. The number of fused-ring (bicyclic) bond motifs is 1. The van der Waals surface area contributed by atoms with Gasteiger partial charge in [0.25, 0.3) is 0 Å². The molecule has 2 aliphatic rings. The van der Waals surface area contributed by atoms with Crippen LogP contribution in [0.1, 0.15) is 44.1 Å². The highest BCUT2D eigenvalue weighted by atomic mass is 32.1. The molecule has 2 N–H and O–H groups in total. The lowest BCUT2D eigenvalue weighted by Crippen LogP contribution is -2.55. The number of thiophene rings is 1. The topological polar surface area (TPSA) is 41.1 Å². The second kappa shape index (κ2) is 6.72. The molecular formula is C16H24N2OS. The molecule has 4 heteroatoms. The van der Waals surface area contributed by atoms with E-state index < -0.39 is 0 Å². The van der Waals surface area contributed by atoms with Crippen molar-refractivity contribution in [2.45, 2.75) is 57.0 Å². The second-order valence-corrected chi connectivity index (χ2v) is 6.90. The van der Waals surface area contributed by atoms with E-state index in [4.69, 9.17) is 0 Å². The Morgan fingerprint density at radius 3 is 3.05 bits per heavy atom. The Morgan fingerprint density at radius 1 is 1.30 bits per heavy atom. The lowest BCUT2D eigenvalue weighted by atomic mass is 9.77. The SMILES string of the molecule is O=C(NCCc1ccsc1)C1CCC2CCCCC2N1. The van der Waals surface area contributed by atoms with E-state index >= 15 is 0 Å². The van der Waals surface area contributed by atoms with Gasteiger partial charge in [-0.25, -0.2) is 0 Å². The first kappa shape index (κ1) is 14.1. The van der Waals surface area contributed by atoms with E-state index in [0.29, 0.717) is 6.04 Å². The molecule has 1 aromatic heterocycles. The fraction of sp³-hybridized carbons (Fsp3) is 0.688. The van der Waals surface area contributed by atoms with E-state index in [0.717, 1.165) is 25.3 Å². The van der Waals surface area contributed by atoms with Crippen LogP contribution in [0.5, 0.6) is 0 Å². The van der Waals surface area contributed by atoms with Crippen molar-refractivity contribution in [3.05, 3.63) is 22.4 Å². The minimum absolute atomic E-state index is 0.0387. The fourth-order valence-corrected chi connectivity index (χ4v) is 4.29. The number of rotatable bonds is 4. The summed E-state index contributed by atoms with van der Waals surface area (Å²) < 4.78 is 0. The van der Waals surface area contributed by atoms with Gasteiger partial charge in [-0.05, 0) is 60.4 Å². The Balaban J connectivity index is 1.43. The summed E-state index contributed by atoms with van der Waals surface area (Å²) in [5.41, 5.74) is 1.32. The lowest BCUT2D eigenvalue weighted by Gasteiger charge is -2.39. The van der Waals surface area contributed by atoms with Crippen molar-refractivity contribution in [1.29, 1.82) is 0 Å². The first-order valence-corrected chi connectivity index (χ1v) is 8.82. The monoisotopic (exact) mass is 292 g/mol. The number of carbonyl (C=O) groups excluding carboxylic acids is 1. The van der Waals surface area contributed by atoms with Crippen LogP contribution in [0.25, 0.3) is 0 Å². The molecule has 1 aliphatic carbocycles. The third kappa shape index (κ3) is 3.41. The molecule has 1 amide bonds. The molecule has 2 fully saturated rings. The van der Waals surface area contributed by atoms with Crippen molar-refractivity contribution in [2.75, 3.05) is 6.54 Å². The van der Waals surface area contributed by atoms with Gasteiger partial charge in [0.05, 0.1) is 6.04 Å². The van der Waals surface area contributed by atoms with Crippen LogP contribution in [-0.2, 0) is 11.2 Å². The van der Waals surface area contributed by atoms with E-state index in [1.165, 1.54) is 37.7 Å². The molecule has 0 spiro atoms. The molecular weight excluding hydrogens is 268 g/mol. The summed E-state index contributed by atoms with van der Waals surface area (Å²) in [7, 11) is 0. The van der Waals surface area contributed by atoms with Crippen molar-refractivity contribution in [3.63, 3.8) is 0 Å². The first-order chi connectivity index (χ1) is 9.83. The predicted octanol–water partition coefficient (Wildman–Crippen LogP) is 2.72. The van der Waals surface area contributed by atoms with Gasteiger partial charge in [0.2, 0.25) is 5.91 Å². The molecule has 1 aromatic rings. The molecule has 3 unspecified atom stereocenters. The van der Waals surface area contributed by atoms with Crippen molar-refractivity contribution >= 4 is 17.2 Å². The molecule has 3 nitrogen and oxygen atoms in total. The van der Waals surface area contributed by atoms with Gasteiger partial charge in [0.1, 0.15) is 0 Å². The van der Waals surface area contributed by atoms with Gasteiger partial charge in [-0.2, -0.15) is 11.3 Å². The van der Waals surface area contributed by atoms with Gasteiger partial charge in [-0.15, -0.1) is 0 Å². The highest BCUT2D eigenvalue weighted by molar-refractivity contribution is 7.07. The molecule has 3 rings (SSSR count). The van der Waals surface area contributed by atoms with Gasteiger partial charge in [-0.1, -0.05) is 12.8 Å². The minimum atomic E-state index is 0.0387. The Labute approximate surface area is 125 Å². The number of carbonyl (C=O) groups is 1. The van der Waals surface area contributed by atoms with Crippen LogP contribution in [0, 0.1) is 5.92 Å². The summed E-state index contributed by atoms with van der Waals surface area (Å²) in [4.78, 5) is 12.2. The van der Waals surface area contributed by atoms with Crippen molar-refractivity contribution in [2.24, 2.45) is 5.92 Å². The summed E-state index contributed by atoms with van der Waals surface area (Å²) in [6.07, 6.45) is 8.47. The Bertz CT molecular complexity index is 432. The smallest absolute Gasteiger partial charge is 0.237 e. The maximum Gasteiger partial charge on any atom is 0.237 e. The van der Waals surface area contributed by atoms with Crippen LogP contribution in [0.2, 0.25) is 0 Å². The zero-order chi connectivity index (χ0) is 13.8. The Kier molecular flexibility index (Phi) is 4.73. The highest BCUT2D eigenvalue weighted by Crippen LogP contribution is 2.32. The third-order valence-electron chi connectivity index (χ3n) is 4.76. The summed E-state index contributed by atoms with van der Waals surface area (Å²) >= 11 is 1.71. The van der Waals surface area contributed by atoms with Crippen molar-refractivity contribution in [1.82, 2.24) is 10.6 Å². The zero-order valence-corrected chi connectivity index (χ0v) is 12.8. The lowest BCUT2D eigenvalue weighted by molar-refractivity contribution is -0.124. The number of hydrogen-bond donors (Lipinski definition) is 2. The first-order valence-electron chi connectivity index (χ1n) is 7.88. The summed E-state index contributed by atoms with van der Waals surface area (Å²) in [6, 6.07) is 2.75. The van der Waals surface area contributed by atoms with Crippen LogP contribution in [-0.4, -0.2) is 24.5 Å². The van der Waals surface area contributed by atoms with Gasteiger partial charge in [0, 0.05) is 12.6 Å². The summed E-state index contributed by atoms with van der Waals surface area (Å²) in [6.45, 7) is 0.752.